The molecule has 3 aliphatic rings. The number of halogens is 1. The topological polar surface area (TPSA) is 21.8 Å². The quantitative estimate of drug-likeness (QED) is 0.773. The van der Waals surface area contributed by atoms with Gasteiger partial charge in [-0.1, -0.05) is 6.92 Å². The van der Waals surface area contributed by atoms with Gasteiger partial charge in [0, 0.05) is 19.1 Å². The Morgan fingerprint density at radius 2 is 1.76 bits per heavy atom. The van der Waals surface area contributed by atoms with Crippen LogP contribution in [0.25, 0.3) is 0 Å². The Kier molecular flexibility index (Phi) is 8.48. The van der Waals surface area contributed by atoms with Crippen molar-refractivity contribution in [2.75, 3.05) is 66.5 Å². The maximum Gasteiger partial charge on any atom is 0.0120 e. The fraction of sp³-hybridized carbons (Fsp3) is 1.00. The van der Waals surface area contributed by atoms with E-state index >= 15 is 0 Å². The minimum atomic E-state index is 0. The lowest BCUT2D eigenvalue weighted by Crippen LogP contribution is -2.47. The van der Waals surface area contributed by atoms with Crippen molar-refractivity contribution in [2.24, 2.45) is 11.3 Å². The third-order valence-corrected chi connectivity index (χ3v) is 6.88. The molecule has 148 valence electrons. The minimum Gasteiger partial charge on any atom is -0.316 e. The maximum absolute atomic E-state index is 3.53. The summed E-state index contributed by atoms with van der Waals surface area (Å²) in [7, 11) is 4.60. The van der Waals surface area contributed by atoms with Gasteiger partial charge in [0.2, 0.25) is 0 Å². The number of likely N-dealkylation sites (tertiary alicyclic amines) is 2. The van der Waals surface area contributed by atoms with Crippen LogP contribution >= 0.6 is 12.4 Å². The zero-order valence-corrected chi connectivity index (χ0v) is 17.6. The predicted molar refractivity (Wildman–Crippen MR) is 110 cm³/mol. The Morgan fingerprint density at radius 1 is 1.08 bits per heavy atom. The second-order valence-electron chi connectivity index (χ2n) is 9.28. The first-order valence-corrected chi connectivity index (χ1v) is 10.4. The van der Waals surface area contributed by atoms with E-state index in [9.17, 15) is 0 Å². The Bertz CT molecular complexity index is 370. The van der Waals surface area contributed by atoms with Crippen molar-refractivity contribution in [2.45, 2.75) is 51.5 Å². The second-order valence-corrected chi connectivity index (χ2v) is 9.28. The van der Waals surface area contributed by atoms with Crippen LogP contribution in [0.5, 0.6) is 0 Å². The molecule has 1 atom stereocenters. The summed E-state index contributed by atoms with van der Waals surface area (Å²) in [5.41, 5.74) is 0.506. The highest BCUT2D eigenvalue weighted by Gasteiger charge is 2.30. The van der Waals surface area contributed by atoms with Gasteiger partial charge in [0.05, 0.1) is 0 Å². The molecule has 0 saturated carbocycles. The summed E-state index contributed by atoms with van der Waals surface area (Å²) in [6.07, 6.45) is 8.37. The molecule has 3 aliphatic heterocycles. The van der Waals surface area contributed by atoms with Gasteiger partial charge in [-0.05, 0) is 103 Å². The van der Waals surface area contributed by atoms with Crippen LogP contribution < -0.4 is 5.32 Å². The van der Waals surface area contributed by atoms with Gasteiger partial charge < -0.3 is 20.0 Å². The smallest absolute Gasteiger partial charge is 0.0120 e. The van der Waals surface area contributed by atoms with Crippen molar-refractivity contribution in [3.05, 3.63) is 0 Å². The van der Waals surface area contributed by atoms with Crippen LogP contribution in [0.3, 0.4) is 0 Å². The Balaban J connectivity index is 0.00000225. The van der Waals surface area contributed by atoms with E-state index in [1.807, 2.05) is 0 Å². The van der Waals surface area contributed by atoms with Gasteiger partial charge in [-0.15, -0.1) is 12.4 Å². The Morgan fingerprint density at radius 3 is 2.36 bits per heavy atom. The van der Waals surface area contributed by atoms with Gasteiger partial charge in [-0.25, -0.2) is 0 Å². The molecule has 0 spiro atoms. The van der Waals surface area contributed by atoms with E-state index < -0.39 is 0 Å². The summed E-state index contributed by atoms with van der Waals surface area (Å²) in [5.74, 6) is 0.962. The van der Waals surface area contributed by atoms with Gasteiger partial charge in [0.1, 0.15) is 0 Å². The fourth-order valence-corrected chi connectivity index (χ4v) is 5.10. The first kappa shape index (κ1) is 21.4. The molecule has 0 bridgehead atoms. The Labute approximate surface area is 162 Å². The van der Waals surface area contributed by atoms with E-state index in [-0.39, 0.29) is 12.4 Å². The van der Waals surface area contributed by atoms with Crippen LogP contribution in [0.15, 0.2) is 0 Å². The van der Waals surface area contributed by atoms with E-state index in [4.69, 9.17) is 0 Å². The van der Waals surface area contributed by atoms with E-state index in [0.29, 0.717) is 5.41 Å². The van der Waals surface area contributed by atoms with Gasteiger partial charge >= 0.3 is 0 Å². The minimum absolute atomic E-state index is 0. The van der Waals surface area contributed by atoms with Crippen molar-refractivity contribution in [3.8, 4) is 0 Å². The summed E-state index contributed by atoms with van der Waals surface area (Å²) in [5, 5.41) is 3.53. The number of rotatable bonds is 6. The van der Waals surface area contributed by atoms with Crippen LogP contribution in [0, 0.1) is 11.3 Å². The molecular weight excluding hydrogens is 332 g/mol. The van der Waals surface area contributed by atoms with Gasteiger partial charge in [0.25, 0.3) is 0 Å². The average Bonchev–Trinajstić information content (AvgIpc) is 3.00. The molecule has 3 fully saturated rings. The van der Waals surface area contributed by atoms with Crippen molar-refractivity contribution < 1.29 is 0 Å². The lowest BCUT2D eigenvalue weighted by molar-refractivity contribution is 0.0804. The molecule has 4 nitrogen and oxygen atoms in total. The fourth-order valence-electron chi connectivity index (χ4n) is 5.10. The van der Waals surface area contributed by atoms with Crippen LogP contribution in [-0.2, 0) is 0 Å². The molecule has 25 heavy (non-hydrogen) atoms. The molecule has 0 amide bonds. The molecule has 1 unspecified atom stereocenters. The summed E-state index contributed by atoms with van der Waals surface area (Å²) in [6, 6.07) is 0.875. The zero-order valence-electron chi connectivity index (χ0n) is 16.8. The Hall–Kier alpha value is 0.130. The summed E-state index contributed by atoms with van der Waals surface area (Å²) in [4.78, 5) is 7.88. The van der Waals surface area contributed by atoms with E-state index in [1.54, 1.807) is 0 Å². The summed E-state index contributed by atoms with van der Waals surface area (Å²) in [6.45, 7) is 12.7. The molecule has 0 aromatic rings. The van der Waals surface area contributed by atoms with Crippen molar-refractivity contribution in [1.29, 1.82) is 0 Å². The third-order valence-electron chi connectivity index (χ3n) is 6.88. The monoisotopic (exact) mass is 372 g/mol. The highest BCUT2D eigenvalue weighted by atomic mass is 35.5. The SMILES string of the molecule is CN1CCC(N2CCC(CCN(C)CC3(C)CCNC3)CC2)CC1.Cl. The van der Waals surface area contributed by atoms with Crippen LogP contribution in [0.2, 0.25) is 0 Å². The van der Waals surface area contributed by atoms with Gasteiger partial charge in [0.15, 0.2) is 0 Å². The highest BCUT2D eigenvalue weighted by Crippen LogP contribution is 2.27. The lowest BCUT2D eigenvalue weighted by Gasteiger charge is -2.41. The van der Waals surface area contributed by atoms with Crippen LogP contribution in [0.4, 0.5) is 0 Å². The van der Waals surface area contributed by atoms with Crippen molar-refractivity contribution >= 4 is 12.4 Å². The lowest BCUT2D eigenvalue weighted by atomic mass is 9.88. The van der Waals surface area contributed by atoms with Crippen molar-refractivity contribution in [3.63, 3.8) is 0 Å². The number of hydrogen-bond acceptors (Lipinski definition) is 4. The molecule has 3 saturated heterocycles. The molecule has 0 aromatic heterocycles. The molecule has 0 radical (unpaired) electrons. The van der Waals surface area contributed by atoms with Crippen LogP contribution in [-0.4, -0.2) is 87.2 Å². The summed E-state index contributed by atoms with van der Waals surface area (Å²) >= 11 is 0. The molecule has 3 heterocycles. The number of nitrogens with zero attached hydrogens (tertiary/aromatic N) is 3. The molecule has 0 aliphatic carbocycles. The van der Waals surface area contributed by atoms with Crippen LogP contribution in [0.1, 0.15) is 45.4 Å². The predicted octanol–water partition coefficient (Wildman–Crippen LogP) is 2.54. The van der Waals surface area contributed by atoms with Gasteiger partial charge in [-0.2, -0.15) is 0 Å². The average molecular weight is 373 g/mol. The number of hydrogen-bond donors (Lipinski definition) is 1. The molecule has 1 N–H and O–H groups in total. The highest BCUT2D eigenvalue weighted by molar-refractivity contribution is 5.85. The van der Waals surface area contributed by atoms with E-state index in [0.717, 1.165) is 12.0 Å². The third kappa shape index (κ3) is 6.35. The maximum atomic E-state index is 3.53. The molecule has 5 heteroatoms. The zero-order chi connectivity index (χ0) is 17.0. The summed E-state index contributed by atoms with van der Waals surface area (Å²) < 4.78 is 0. The standard InChI is InChI=1S/C20H40N4.ClH/c1-20(9-10-21-16-20)17-23(3)11-4-18-5-14-24(15-6-18)19-7-12-22(2)13-8-19;/h18-19,21H,4-17H2,1-3H3;1H. The number of piperidine rings is 2. The van der Waals surface area contributed by atoms with E-state index in [1.165, 1.54) is 90.9 Å². The van der Waals surface area contributed by atoms with Gasteiger partial charge in [-0.3, -0.25) is 0 Å². The first-order chi connectivity index (χ1) is 11.5. The normalized spacial score (nSPS) is 30.7. The second kappa shape index (κ2) is 9.89. The molecular formula is C20H41ClN4. The largest absolute Gasteiger partial charge is 0.316 e. The first-order valence-electron chi connectivity index (χ1n) is 10.4. The van der Waals surface area contributed by atoms with Crippen molar-refractivity contribution in [1.82, 2.24) is 20.0 Å². The molecule has 3 rings (SSSR count). The van der Waals surface area contributed by atoms with E-state index in [2.05, 4.69) is 41.0 Å². The number of nitrogens with one attached hydrogen (secondary N) is 1. The molecule has 0 aromatic carbocycles.